The van der Waals surface area contributed by atoms with Crippen molar-refractivity contribution in [2.24, 2.45) is 0 Å². The van der Waals surface area contributed by atoms with Gasteiger partial charge in [0.2, 0.25) is 5.91 Å². The number of hydrogen-bond acceptors (Lipinski definition) is 7. The molecule has 1 aromatic carbocycles. The first kappa shape index (κ1) is 21.4. The van der Waals surface area contributed by atoms with Gasteiger partial charge in [0.15, 0.2) is 9.84 Å². The van der Waals surface area contributed by atoms with Crippen molar-refractivity contribution in [1.82, 2.24) is 9.80 Å². The van der Waals surface area contributed by atoms with E-state index in [2.05, 4.69) is 0 Å². The maximum atomic E-state index is 12.7. The number of carbonyl (C=O) groups excluding carboxylic acids is 3. The summed E-state index contributed by atoms with van der Waals surface area (Å²) in [5.41, 5.74) is 0.651. The summed E-state index contributed by atoms with van der Waals surface area (Å²) in [5.74, 6) is -0.452. The van der Waals surface area contributed by atoms with Crippen molar-refractivity contribution in [1.29, 1.82) is 0 Å². The van der Waals surface area contributed by atoms with Crippen molar-refractivity contribution in [3.05, 3.63) is 34.7 Å². The number of ether oxygens (including phenoxy) is 1. The molecule has 0 saturated carbocycles. The SMILES string of the molecule is CCN(C(=O)CN1C(=O)S/C(=C/c2ccccc2OC)C1=O)[C@@H]1CCS(=O)(=O)C1. The third kappa shape index (κ3) is 4.64. The zero-order valence-corrected chi connectivity index (χ0v) is 17.8. The maximum Gasteiger partial charge on any atom is 0.294 e. The highest BCUT2D eigenvalue weighted by molar-refractivity contribution is 8.18. The number of methoxy groups -OCH3 is 1. The molecule has 0 bridgehead atoms. The number of amides is 3. The summed E-state index contributed by atoms with van der Waals surface area (Å²) in [6.07, 6.45) is 1.94. The molecule has 10 heteroatoms. The van der Waals surface area contributed by atoms with Gasteiger partial charge >= 0.3 is 0 Å². The van der Waals surface area contributed by atoms with Gasteiger partial charge in [0.1, 0.15) is 12.3 Å². The largest absolute Gasteiger partial charge is 0.496 e. The van der Waals surface area contributed by atoms with Gasteiger partial charge in [0.05, 0.1) is 23.5 Å². The molecule has 2 aliphatic rings. The molecule has 2 heterocycles. The van der Waals surface area contributed by atoms with E-state index >= 15 is 0 Å². The van der Waals surface area contributed by atoms with Gasteiger partial charge in [-0.3, -0.25) is 19.3 Å². The van der Waals surface area contributed by atoms with Gasteiger partial charge in [-0.1, -0.05) is 18.2 Å². The van der Waals surface area contributed by atoms with Gasteiger partial charge < -0.3 is 9.64 Å². The van der Waals surface area contributed by atoms with E-state index < -0.39 is 39.5 Å². The number of carbonyl (C=O) groups is 3. The highest BCUT2D eigenvalue weighted by Gasteiger charge is 2.39. The molecule has 0 aromatic heterocycles. The monoisotopic (exact) mass is 438 g/mol. The van der Waals surface area contributed by atoms with Crippen LogP contribution in [0.25, 0.3) is 6.08 Å². The molecule has 0 N–H and O–H groups in total. The average molecular weight is 439 g/mol. The quantitative estimate of drug-likeness (QED) is 0.624. The lowest BCUT2D eigenvalue weighted by Gasteiger charge is -2.28. The van der Waals surface area contributed by atoms with Gasteiger partial charge in [-0.25, -0.2) is 8.42 Å². The van der Waals surface area contributed by atoms with E-state index in [1.54, 1.807) is 37.3 Å². The summed E-state index contributed by atoms with van der Waals surface area (Å²) in [6, 6.07) is 6.67. The normalized spacial score (nSPS) is 22.3. The predicted octanol–water partition coefficient (Wildman–Crippen LogP) is 1.77. The Morgan fingerprint density at radius 3 is 2.69 bits per heavy atom. The second-order valence-corrected chi connectivity index (χ2v) is 9.97. The highest BCUT2D eigenvalue weighted by atomic mass is 32.2. The fourth-order valence-corrected chi connectivity index (χ4v) is 6.01. The van der Waals surface area contributed by atoms with E-state index in [4.69, 9.17) is 4.74 Å². The second kappa shape index (κ2) is 8.58. The number of hydrogen-bond donors (Lipinski definition) is 0. The van der Waals surface area contributed by atoms with Gasteiger partial charge in [-0.2, -0.15) is 0 Å². The zero-order valence-electron chi connectivity index (χ0n) is 16.2. The Labute approximate surface area is 173 Å². The number of likely N-dealkylation sites (N-methyl/N-ethyl adjacent to an activating group) is 1. The van der Waals surface area contributed by atoms with Crippen LogP contribution in [0.3, 0.4) is 0 Å². The summed E-state index contributed by atoms with van der Waals surface area (Å²) in [4.78, 5) is 40.3. The van der Waals surface area contributed by atoms with Crippen LogP contribution in [0.1, 0.15) is 18.9 Å². The third-order valence-electron chi connectivity index (χ3n) is 4.90. The molecule has 0 unspecified atom stereocenters. The molecule has 2 fully saturated rings. The zero-order chi connectivity index (χ0) is 21.2. The molecular weight excluding hydrogens is 416 g/mol. The number of imide groups is 1. The van der Waals surface area contributed by atoms with E-state index in [0.717, 1.165) is 16.7 Å². The van der Waals surface area contributed by atoms with Crippen LogP contribution < -0.4 is 4.74 Å². The van der Waals surface area contributed by atoms with Crippen molar-refractivity contribution in [2.75, 3.05) is 31.7 Å². The van der Waals surface area contributed by atoms with E-state index in [9.17, 15) is 22.8 Å². The number of thioether (sulfide) groups is 1. The number of sulfone groups is 1. The van der Waals surface area contributed by atoms with E-state index in [1.807, 2.05) is 0 Å². The van der Waals surface area contributed by atoms with Crippen LogP contribution in [0.4, 0.5) is 4.79 Å². The molecule has 156 valence electrons. The van der Waals surface area contributed by atoms with E-state index in [0.29, 0.717) is 24.3 Å². The molecule has 29 heavy (non-hydrogen) atoms. The van der Waals surface area contributed by atoms with Gasteiger partial charge in [0.25, 0.3) is 11.1 Å². The molecule has 0 radical (unpaired) electrons. The predicted molar refractivity (Wildman–Crippen MR) is 110 cm³/mol. The Bertz CT molecular complexity index is 973. The van der Waals surface area contributed by atoms with Gasteiger partial charge in [-0.05, 0) is 37.2 Å². The smallest absolute Gasteiger partial charge is 0.294 e. The molecule has 8 nitrogen and oxygen atoms in total. The second-order valence-electron chi connectivity index (χ2n) is 6.75. The summed E-state index contributed by atoms with van der Waals surface area (Å²) < 4.78 is 28.7. The first-order valence-corrected chi connectivity index (χ1v) is 11.8. The summed E-state index contributed by atoms with van der Waals surface area (Å²) in [7, 11) is -1.64. The van der Waals surface area contributed by atoms with Crippen molar-refractivity contribution in [3.8, 4) is 5.75 Å². The van der Waals surface area contributed by atoms with Crippen molar-refractivity contribution in [3.63, 3.8) is 0 Å². The summed E-state index contributed by atoms with van der Waals surface area (Å²) in [5, 5.41) is -0.528. The molecular formula is C19H22N2O6S2. The van der Waals surface area contributed by atoms with Crippen LogP contribution in [-0.4, -0.2) is 73.0 Å². The molecule has 3 amide bonds. The van der Waals surface area contributed by atoms with Gasteiger partial charge in [-0.15, -0.1) is 0 Å². The van der Waals surface area contributed by atoms with Crippen LogP contribution in [0, 0.1) is 0 Å². The summed E-state index contributed by atoms with van der Waals surface area (Å²) >= 11 is 0.765. The lowest BCUT2D eigenvalue weighted by atomic mass is 10.2. The first-order valence-electron chi connectivity index (χ1n) is 9.14. The minimum absolute atomic E-state index is 0.0463. The molecule has 1 atom stereocenters. The molecule has 0 aliphatic carbocycles. The van der Waals surface area contributed by atoms with Crippen molar-refractivity contribution >= 4 is 44.7 Å². The minimum Gasteiger partial charge on any atom is -0.496 e. The Hall–Kier alpha value is -2.33. The number of para-hydroxylation sites is 1. The first-order chi connectivity index (χ1) is 13.8. The lowest BCUT2D eigenvalue weighted by Crippen LogP contribution is -2.47. The number of rotatable bonds is 6. The highest BCUT2D eigenvalue weighted by Crippen LogP contribution is 2.34. The standard InChI is InChI=1S/C19H22N2O6S2/c1-3-20(14-8-9-29(25,26)12-14)17(22)11-21-18(23)16(28-19(21)24)10-13-6-4-5-7-15(13)27-2/h4-7,10,14H,3,8-9,11-12H2,1-2H3/b16-10+/t14-/m1/s1. The fourth-order valence-electron chi connectivity index (χ4n) is 3.45. The Kier molecular flexibility index (Phi) is 6.33. The fraction of sp³-hybridized carbons (Fsp3) is 0.421. The minimum atomic E-state index is -3.15. The number of benzene rings is 1. The molecule has 2 aliphatic heterocycles. The van der Waals surface area contributed by atoms with Crippen molar-refractivity contribution in [2.45, 2.75) is 19.4 Å². The van der Waals surface area contributed by atoms with Crippen molar-refractivity contribution < 1.29 is 27.5 Å². The topological polar surface area (TPSA) is 101 Å². The van der Waals surface area contributed by atoms with E-state index in [-0.39, 0.29) is 16.4 Å². The lowest BCUT2D eigenvalue weighted by molar-refractivity contribution is -0.137. The summed E-state index contributed by atoms with van der Waals surface area (Å²) in [6.45, 7) is 1.66. The van der Waals surface area contributed by atoms with Crippen LogP contribution >= 0.6 is 11.8 Å². The molecule has 0 spiro atoms. The Balaban J connectivity index is 1.74. The third-order valence-corrected chi connectivity index (χ3v) is 7.56. The van der Waals surface area contributed by atoms with Crippen LogP contribution in [-0.2, 0) is 19.4 Å². The Morgan fingerprint density at radius 2 is 2.07 bits per heavy atom. The average Bonchev–Trinajstić information content (AvgIpc) is 3.16. The van der Waals surface area contributed by atoms with Gasteiger partial charge in [0, 0.05) is 18.2 Å². The number of nitrogens with zero attached hydrogens (tertiary/aromatic N) is 2. The van der Waals surface area contributed by atoms with Crippen LogP contribution in [0.5, 0.6) is 5.75 Å². The van der Waals surface area contributed by atoms with Crippen LogP contribution in [0.2, 0.25) is 0 Å². The molecule has 1 aromatic rings. The van der Waals surface area contributed by atoms with E-state index in [1.165, 1.54) is 12.0 Å². The van der Waals surface area contributed by atoms with Crippen LogP contribution in [0.15, 0.2) is 29.2 Å². The Morgan fingerprint density at radius 1 is 1.34 bits per heavy atom. The molecule has 2 saturated heterocycles. The maximum absolute atomic E-state index is 12.7. The molecule has 3 rings (SSSR count).